The fourth-order valence-electron chi connectivity index (χ4n) is 2.93. The molecule has 1 amide bonds. The largest absolute Gasteiger partial charge is 0.469 e. The smallest absolute Gasteiger partial charge is 0.234 e. The van der Waals surface area contributed by atoms with Crippen LogP contribution in [-0.2, 0) is 4.79 Å². The third kappa shape index (κ3) is 4.25. The van der Waals surface area contributed by atoms with Crippen molar-refractivity contribution in [1.82, 2.24) is 14.8 Å². The molecule has 0 spiro atoms. The van der Waals surface area contributed by atoms with Crippen LogP contribution in [0.15, 0.2) is 76.5 Å². The molecule has 0 unspecified atom stereocenters. The van der Waals surface area contributed by atoms with E-state index in [1.807, 2.05) is 79.1 Å². The molecule has 2 aromatic carbocycles. The van der Waals surface area contributed by atoms with Crippen molar-refractivity contribution in [1.29, 1.82) is 0 Å². The van der Waals surface area contributed by atoms with E-state index in [0.717, 1.165) is 28.3 Å². The average molecular weight is 404 g/mol. The van der Waals surface area contributed by atoms with Crippen LogP contribution in [-0.4, -0.2) is 26.4 Å². The Morgan fingerprint density at radius 3 is 2.48 bits per heavy atom. The van der Waals surface area contributed by atoms with E-state index in [2.05, 4.69) is 15.5 Å². The first-order valence-corrected chi connectivity index (χ1v) is 10.1. The molecule has 146 valence electrons. The zero-order chi connectivity index (χ0) is 20.2. The molecule has 0 saturated heterocycles. The number of carbonyl (C=O) groups is 1. The van der Waals surface area contributed by atoms with Crippen molar-refractivity contribution in [3.05, 3.63) is 78.3 Å². The molecule has 6 nitrogen and oxygen atoms in total. The number of furan rings is 1. The summed E-state index contributed by atoms with van der Waals surface area (Å²) in [6, 6.07) is 19.4. The molecule has 29 heavy (non-hydrogen) atoms. The van der Waals surface area contributed by atoms with Crippen LogP contribution in [0, 0.1) is 13.8 Å². The fraction of sp³-hybridized carbons (Fsp3) is 0.136. The first-order chi connectivity index (χ1) is 14.1. The number of nitrogens with one attached hydrogen (secondary N) is 1. The van der Waals surface area contributed by atoms with Crippen LogP contribution in [0.3, 0.4) is 0 Å². The van der Waals surface area contributed by atoms with E-state index in [1.165, 1.54) is 11.8 Å². The number of aryl methyl sites for hydroxylation is 2. The summed E-state index contributed by atoms with van der Waals surface area (Å²) in [5.74, 6) is 1.58. The van der Waals surface area contributed by atoms with E-state index < -0.39 is 0 Å². The van der Waals surface area contributed by atoms with Gasteiger partial charge in [0.05, 0.1) is 17.6 Å². The van der Waals surface area contributed by atoms with Gasteiger partial charge in [-0.1, -0.05) is 47.7 Å². The molecule has 4 aromatic rings. The summed E-state index contributed by atoms with van der Waals surface area (Å²) in [6.45, 7) is 3.90. The van der Waals surface area contributed by atoms with Gasteiger partial charge in [-0.3, -0.25) is 9.36 Å². The van der Waals surface area contributed by atoms with Gasteiger partial charge in [-0.15, -0.1) is 10.2 Å². The second-order valence-corrected chi connectivity index (χ2v) is 7.51. The molecule has 1 N–H and O–H groups in total. The van der Waals surface area contributed by atoms with E-state index in [1.54, 1.807) is 6.26 Å². The van der Waals surface area contributed by atoms with Crippen molar-refractivity contribution < 1.29 is 9.21 Å². The number of carbonyl (C=O) groups excluding carboxylic acids is 1. The third-order valence-electron chi connectivity index (χ3n) is 4.42. The molecule has 0 radical (unpaired) electrons. The lowest BCUT2D eigenvalue weighted by molar-refractivity contribution is -0.113. The second-order valence-electron chi connectivity index (χ2n) is 6.57. The van der Waals surface area contributed by atoms with Gasteiger partial charge >= 0.3 is 0 Å². The summed E-state index contributed by atoms with van der Waals surface area (Å²) in [6.07, 6.45) is 1.64. The van der Waals surface area contributed by atoms with E-state index >= 15 is 0 Å². The zero-order valence-electron chi connectivity index (χ0n) is 16.1. The Morgan fingerprint density at radius 1 is 1.03 bits per heavy atom. The minimum Gasteiger partial charge on any atom is -0.469 e. The summed E-state index contributed by atoms with van der Waals surface area (Å²) in [4.78, 5) is 12.4. The van der Waals surface area contributed by atoms with Gasteiger partial charge in [-0.05, 0) is 44.2 Å². The molecule has 0 fully saturated rings. The standard InChI is InChI=1S/C22H20N4O2S/c1-15-8-10-17(11-9-15)23-20(27)14-29-22-25-24-21(19-12-13-28-16(19)2)26(22)18-6-4-3-5-7-18/h3-13H,14H2,1-2H3,(H,23,27). The topological polar surface area (TPSA) is 73.0 Å². The van der Waals surface area contributed by atoms with E-state index in [4.69, 9.17) is 4.42 Å². The third-order valence-corrected chi connectivity index (χ3v) is 5.34. The number of para-hydroxylation sites is 1. The molecular weight excluding hydrogens is 384 g/mol. The predicted molar refractivity (Wildman–Crippen MR) is 114 cm³/mol. The number of thioether (sulfide) groups is 1. The van der Waals surface area contributed by atoms with Crippen LogP contribution in [0.5, 0.6) is 0 Å². The van der Waals surface area contributed by atoms with Gasteiger partial charge in [0.2, 0.25) is 5.91 Å². The maximum Gasteiger partial charge on any atom is 0.234 e. The molecule has 0 aliphatic carbocycles. The molecule has 0 atom stereocenters. The highest BCUT2D eigenvalue weighted by molar-refractivity contribution is 7.99. The van der Waals surface area contributed by atoms with Crippen LogP contribution in [0.2, 0.25) is 0 Å². The van der Waals surface area contributed by atoms with Gasteiger partial charge in [0.25, 0.3) is 0 Å². The Balaban J connectivity index is 1.57. The number of benzene rings is 2. The fourth-order valence-corrected chi connectivity index (χ4v) is 3.68. The summed E-state index contributed by atoms with van der Waals surface area (Å²) < 4.78 is 7.39. The van der Waals surface area contributed by atoms with Crippen LogP contribution in [0.1, 0.15) is 11.3 Å². The number of nitrogens with zero attached hydrogens (tertiary/aromatic N) is 3. The van der Waals surface area contributed by atoms with Gasteiger partial charge in [0, 0.05) is 11.4 Å². The Morgan fingerprint density at radius 2 is 1.79 bits per heavy atom. The SMILES string of the molecule is Cc1ccc(NC(=O)CSc2nnc(-c3ccoc3C)n2-c2ccccc2)cc1. The highest BCUT2D eigenvalue weighted by Gasteiger charge is 2.19. The molecule has 2 heterocycles. The highest BCUT2D eigenvalue weighted by atomic mass is 32.2. The van der Waals surface area contributed by atoms with Crippen LogP contribution >= 0.6 is 11.8 Å². The summed E-state index contributed by atoms with van der Waals surface area (Å²) in [5.41, 5.74) is 3.72. The minimum absolute atomic E-state index is 0.0949. The molecule has 0 saturated carbocycles. The van der Waals surface area contributed by atoms with Crippen molar-refractivity contribution in [2.45, 2.75) is 19.0 Å². The van der Waals surface area contributed by atoms with Gasteiger partial charge in [0.15, 0.2) is 11.0 Å². The summed E-state index contributed by atoms with van der Waals surface area (Å²) >= 11 is 1.34. The van der Waals surface area contributed by atoms with E-state index in [9.17, 15) is 4.79 Å². The highest BCUT2D eigenvalue weighted by Crippen LogP contribution is 2.30. The van der Waals surface area contributed by atoms with Crippen molar-refractivity contribution in [2.24, 2.45) is 0 Å². The zero-order valence-corrected chi connectivity index (χ0v) is 16.9. The number of hydrogen-bond donors (Lipinski definition) is 1. The van der Waals surface area contributed by atoms with Gasteiger partial charge in [0.1, 0.15) is 5.76 Å². The summed E-state index contributed by atoms with van der Waals surface area (Å²) in [5, 5.41) is 12.3. The average Bonchev–Trinajstić information content (AvgIpc) is 3.34. The Bertz CT molecular complexity index is 1120. The van der Waals surface area contributed by atoms with Gasteiger partial charge < -0.3 is 9.73 Å². The predicted octanol–water partition coefficient (Wildman–Crippen LogP) is 4.87. The van der Waals surface area contributed by atoms with Gasteiger partial charge in [-0.2, -0.15) is 0 Å². The lowest BCUT2D eigenvalue weighted by Gasteiger charge is -2.10. The normalized spacial score (nSPS) is 10.8. The molecule has 2 aromatic heterocycles. The molecule has 0 bridgehead atoms. The maximum atomic E-state index is 12.4. The van der Waals surface area contributed by atoms with Crippen LogP contribution in [0.4, 0.5) is 5.69 Å². The second kappa shape index (κ2) is 8.36. The van der Waals surface area contributed by atoms with E-state index in [0.29, 0.717) is 11.0 Å². The molecular formula is C22H20N4O2S. The Labute approximate surface area is 173 Å². The van der Waals surface area contributed by atoms with Crippen molar-refractivity contribution >= 4 is 23.4 Å². The van der Waals surface area contributed by atoms with E-state index in [-0.39, 0.29) is 11.7 Å². The number of rotatable bonds is 6. The Kier molecular flexibility index (Phi) is 5.48. The number of anilines is 1. The number of aromatic nitrogens is 3. The first kappa shape index (κ1) is 19.0. The molecule has 4 rings (SSSR count). The first-order valence-electron chi connectivity index (χ1n) is 9.16. The quantitative estimate of drug-likeness (QED) is 0.464. The van der Waals surface area contributed by atoms with Crippen molar-refractivity contribution in [3.63, 3.8) is 0 Å². The molecule has 0 aliphatic rings. The van der Waals surface area contributed by atoms with Crippen LogP contribution < -0.4 is 5.32 Å². The Hall–Kier alpha value is -3.32. The van der Waals surface area contributed by atoms with Crippen LogP contribution in [0.25, 0.3) is 17.1 Å². The maximum absolute atomic E-state index is 12.4. The number of hydrogen-bond acceptors (Lipinski definition) is 5. The molecule has 7 heteroatoms. The monoisotopic (exact) mass is 404 g/mol. The minimum atomic E-state index is -0.0949. The lowest BCUT2D eigenvalue weighted by atomic mass is 10.2. The molecule has 0 aliphatic heterocycles. The van der Waals surface area contributed by atoms with Crippen molar-refractivity contribution in [2.75, 3.05) is 11.1 Å². The van der Waals surface area contributed by atoms with Gasteiger partial charge in [-0.25, -0.2) is 0 Å². The lowest BCUT2D eigenvalue weighted by Crippen LogP contribution is -2.14. The summed E-state index contributed by atoms with van der Waals surface area (Å²) in [7, 11) is 0. The van der Waals surface area contributed by atoms with Crippen molar-refractivity contribution in [3.8, 4) is 17.1 Å². The number of amides is 1.